The zero-order valence-corrected chi connectivity index (χ0v) is 19.8. The predicted molar refractivity (Wildman–Crippen MR) is 119 cm³/mol. The van der Waals surface area contributed by atoms with Crippen molar-refractivity contribution in [3.8, 4) is 0 Å². The molecule has 1 aromatic heterocycles. The SMILES string of the molecule is CN(C)S(=O)(=O)c1ccc2c(c1)CCN2C(=O)C1CCCN(S(=O)(=O)c2cccs2)C1. The van der Waals surface area contributed by atoms with Crippen molar-refractivity contribution in [2.75, 3.05) is 38.6 Å². The van der Waals surface area contributed by atoms with Gasteiger partial charge in [0, 0.05) is 39.4 Å². The van der Waals surface area contributed by atoms with Crippen LogP contribution in [0.25, 0.3) is 0 Å². The number of thiophene rings is 1. The zero-order valence-electron chi connectivity index (χ0n) is 17.4. The Labute approximate surface area is 187 Å². The number of benzene rings is 1. The highest BCUT2D eigenvalue weighted by molar-refractivity contribution is 7.91. The third kappa shape index (κ3) is 4.05. The van der Waals surface area contributed by atoms with E-state index in [2.05, 4.69) is 0 Å². The molecule has 1 fully saturated rings. The molecule has 11 heteroatoms. The molecule has 1 atom stereocenters. The van der Waals surface area contributed by atoms with Crippen LogP contribution in [0.5, 0.6) is 0 Å². The number of sulfonamides is 2. The first-order valence-electron chi connectivity index (χ1n) is 10.0. The first kappa shape index (κ1) is 22.4. The van der Waals surface area contributed by atoms with Crippen LogP contribution in [0.1, 0.15) is 18.4 Å². The Morgan fingerprint density at radius 1 is 1.13 bits per heavy atom. The zero-order chi connectivity index (χ0) is 22.4. The van der Waals surface area contributed by atoms with Gasteiger partial charge in [-0.25, -0.2) is 21.1 Å². The number of carbonyl (C=O) groups is 1. The summed E-state index contributed by atoms with van der Waals surface area (Å²) < 4.78 is 53.4. The molecule has 0 spiro atoms. The molecule has 0 aliphatic carbocycles. The molecule has 2 aliphatic rings. The molecule has 1 unspecified atom stereocenters. The van der Waals surface area contributed by atoms with Gasteiger partial charge in [-0.05, 0) is 54.5 Å². The van der Waals surface area contributed by atoms with E-state index >= 15 is 0 Å². The molecule has 0 N–H and O–H groups in total. The first-order valence-corrected chi connectivity index (χ1v) is 13.8. The van der Waals surface area contributed by atoms with E-state index in [1.54, 1.807) is 34.5 Å². The van der Waals surface area contributed by atoms with Crippen molar-refractivity contribution in [1.82, 2.24) is 8.61 Å². The number of hydrogen-bond donors (Lipinski definition) is 0. The van der Waals surface area contributed by atoms with Gasteiger partial charge in [-0.2, -0.15) is 4.31 Å². The quantitative estimate of drug-likeness (QED) is 0.648. The lowest BCUT2D eigenvalue weighted by molar-refractivity contribution is -0.123. The minimum Gasteiger partial charge on any atom is -0.312 e. The number of piperidine rings is 1. The van der Waals surface area contributed by atoms with Crippen LogP contribution in [-0.2, 0) is 31.3 Å². The Morgan fingerprint density at radius 3 is 2.58 bits per heavy atom. The van der Waals surface area contributed by atoms with Crippen molar-refractivity contribution in [3.63, 3.8) is 0 Å². The van der Waals surface area contributed by atoms with Gasteiger partial charge >= 0.3 is 0 Å². The number of rotatable bonds is 5. The maximum absolute atomic E-state index is 13.3. The Hall–Kier alpha value is -1.79. The van der Waals surface area contributed by atoms with E-state index in [1.165, 1.54) is 35.8 Å². The van der Waals surface area contributed by atoms with Crippen LogP contribution >= 0.6 is 11.3 Å². The maximum atomic E-state index is 13.3. The summed E-state index contributed by atoms with van der Waals surface area (Å²) >= 11 is 1.18. The molecule has 0 saturated carbocycles. The number of hydrogen-bond acceptors (Lipinski definition) is 6. The van der Waals surface area contributed by atoms with E-state index in [0.29, 0.717) is 42.2 Å². The van der Waals surface area contributed by atoms with Gasteiger partial charge in [-0.1, -0.05) is 6.07 Å². The summed E-state index contributed by atoms with van der Waals surface area (Å²) in [5.41, 5.74) is 1.52. The molecular formula is C20H25N3O5S3. The van der Waals surface area contributed by atoms with Gasteiger partial charge in [0.15, 0.2) is 0 Å². The fourth-order valence-electron chi connectivity index (χ4n) is 4.10. The van der Waals surface area contributed by atoms with Gasteiger partial charge in [-0.3, -0.25) is 4.79 Å². The molecule has 2 aliphatic heterocycles. The Kier molecular flexibility index (Phi) is 5.99. The predicted octanol–water partition coefficient (Wildman–Crippen LogP) is 1.99. The molecule has 2 aromatic rings. The molecular weight excluding hydrogens is 458 g/mol. The van der Waals surface area contributed by atoms with Crippen molar-refractivity contribution >= 4 is 43.0 Å². The third-order valence-electron chi connectivity index (χ3n) is 5.81. The van der Waals surface area contributed by atoms with Crippen LogP contribution in [0.4, 0.5) is 5.69 Å². The fourth-order valence-corrected chi connectivity index (χ4v) is 7.72. The molecule has 3 heterocycles. The molecule has 1 saturated heterocycles. The molecule has 0 bridgehead atoms. The topological polar surface area (TPSA) is 95.1 Å². The van der Waals surface area contributed by atoms with E-state index in [4.69, 9.17) is 0 Å². The molecule has 1 amide bonds. The summed E-state index contributed by atoms with van der Waals surface area (Å²) in [6, 6.07) is 8.12. The van der Waals surface area contributed by atoms with Gasteiger partial charge in [-0.15, -0.1) is 11.3 Å². The Bertz CT molecular complexity index is 1190. The van der Waals surface area contributed by atoms with Crippen molar-refractivity contribution in [1.29, 1.82) is 0 Å². The molecule has 4 rings (SSSR count). The van der Waals surface area contributed by atoms with Crippen molar-refractivity contribution in [3.05, 3.63) is 41.3 Å². The number of anilines is 1. The second-order valence-electron chi connectivity index (χ2n) is 7.95. The standard InChI is InChI=1S/C20H25N3O5S3/c1-21(2)30(25,26)17-7-8-18-15(13-17)9-11-23(18)20(24)16-5-3-10-22(14-16)31(27,28)19-6-4-12-29-19/h4,6-8,12-13,16H,3,5,9-11,14H2,1-2H3. The van der Waals surface area contributed by atoms with Gasteiger partial charge in [0.2, 0.25) is 15.9 Å². The van der Waals surface area contributed by atoms with E-state index in [9.17, 15) is 21.6 Å². The lowest BCUT2D eigenvalue weighted by atomic mass is 9.98. The van der Waals surface area contributed by atoms with Gasteiger partial charge in [0.25, 0.3) is 10.0 Å². The average Bonchev–Trinajstić information content (AvgIpc) is 3.43. The van der Waals surface area contributed by atoms with E-state index in [-0.39, 0.29) is 17.3 Å². The summed E-state index contributed by atoms with van der Waals surface area (Å²) in [5.74, 6) is -0.521. The number of nitrogens with zero attached hydrogens (tertiary/aromatic N) is 3. The summed E-state index contributed by atoms with van der Waals surface area (Å²) in [6.45, 7) is 1.04. The van der Waals surface area contributed by atoms with E-state index in [1.807, 2.05) is 0 Å². The highest BCUT2D eigenvalue weighted by Gasteiger charge is 2.37. The molecule has 31 heavy (non-hydrogen) atoms. The summed E-state index contributed by atoms with van der Waals surface area (Å²) in [6.07, 6.45) is 1.83. The van der Waals surface area contributed by atoms with Crippen LogP contribution in [0.15, 0.2) is 44.8 Å². The second kappa shape index (κ2) is 8.28. The van der Waals surface area contributed by atoms with Crippen LogP contribution in [0, 0.1) is 5.92 Å². The van der Waals surface area contributed by atoms with E-state index in [0.717, 1.165) is 9.87 Å². The maximum Gasteiger partial charge on any atom is 0.252 e. The summed E-state index contributed by atoms with van der Waals surface area (Å²) in [4.78, 5) is 15.2. The van der Waals surface area contributed by atoms with Gasteiger partial charge < -0.3 is 4.90 Å². The highest BCUT2D eigenvalue weighted by atomic mass is 32.2. The van der Waals surface area contributed by atoms with Crippen molar-refractivity contribution in [2.45, 2.75) is 28.4 Å². The average molecular weight is 484 g/mol. The van der Waals surface area contributed by atoms with Crippen LogP contribution in [0.2, 0.25) is 0 Å². The summed E-state index contributed by atoms with van der Waals surface area (Å²) in [5, 5.41) is 1.73. The smallest absolute Gasteiger partial charge is 0.252 e. The Balaban J connectivity index is 1.54. The molecule has 1 aromatic carbocycles. The van der Waals surface area contributed by atoms with Gasteiger partial charge in [0.05, 0.1) is 10.8 Å². The lowest BCUT2D eigenvalue weighted by Gasteiger charge is -2.33. The fraction of sp³-hybridized carbons (Fsp3) is 0.450. The highest BCUT2D eigenvalue weighted by Crippen LogP contribution is 2.34. The normalized spacial score (nSPS) is 20.2. The first-order chi connectivity index (χ1) is 14.6. The van der Waals surface area contributed by atoms with Crippen LogP contribution < -0.4 is 4.90 Å². The van der Waals surface area contributed by atoms with Crippen molar-refractivity contribution in [2.24, 2.45) is 5.92 Å². The van der Waals surface area contributed by atoms with Crippen molar-refractivity contribution < 1.29 is 21.6 Å². The van der Waals surface area contributed by atoms with E-state index < -0.39 is 26.0 Å². The van der Waals surface area contributed by atoms with Crippen LogP contribution in [0.3, 0.4) is 0 Å². The third-order valence-corrected chi connectivity index (χ3v) is 10.9. The van der Waals surface area contributed by atoms with Gasteiger partial charge in [0.1, 0.15) is 4.21 Å². The molecule has 0 radical (unpaired) electrons. The molecule has 8 nitrogen and oxygen atoms in total. The number of carbonyl (C=O) groups excluding carboxylic acids is 1. The minimum absolute atomic E-state index is 0.104. The number of fused-ring (bicyclic) bond motifs is 1. The number of amides is 1. The minimum atomic E-state index is -3.59. The second-order valence-corrected chi connectivity index (χ2v) is 13.2. The summed E-state index contributed by atoms with van der Waals surface area (Å²) in [7, 11) is -4.17. The Morgan fingerprint density at radius 2 is 1.90 bits per heavy atom. The monoisotopic (exact) mass is 483 g/mol. The van der Waals surface area contributed by atoms with Crippen LogP contribution in [-0.4, -0.2) is 65.1 Å². The lowest BCUT2D eigenvalue weighted by Crippen LogP contribution is -2.46. The molecule has 168 valence electrons. The largest absolute Gasteiger partial charge is 0.312 e.